The average Bonchev–Trinajstić information content (AvgIpc) is 3.13. The molecule has 3 rings (SSSR count). The molecule has 0 radical (unpaired) electrons. The second-order valence-electron chi connectivity index (χ2n) is 5.78. The number of hydrogen-bond donors (Lipinski definition) is 1. The molecule has 0 aromatic heterocycles. The molecule has 1 fully saturated rings. The fourth-order valence-corrected chi connectivity index (χ4v) is 2.83. The number of amides is 1. The Bertz CT molecular complexity index is 637. The van der Waals surface area contributed by atoms with Gasteiger partial charge in [-0.25, -0.2) is 5.48 Å². The third-order valence-electron chi connectivity index (χ3n) is 4.11. The molecule has 1 amide bonds. The van der Waals surface area contributed by atoms with Crippen molar-refractivity contribution in [3.63, 3.8) is 0 Å². The lowest BCUT2D eigenvalue weighted by molar-refractivity contribution is 0.0244. The second-order valence-corrected chi connectivity index (χ2v) is 5.78. The van der Waals surface area contributed by atoms with Crippen LogP contribution in [0.1, 0.15) is 23.2 Å². The van der Waals surface area contributed by atoms with Gasteiger partial charge in [0.05, 0.1) is 6.61 Å². The summed E-state index contributed by atoms with van der Waals surface area (Å²) in [6, 6.07) is 17.6. The van der Waals surface area contributed by atoms with Crippen molar-refractivity contribution in [2.75, 3.05) is 26.2 Å². The Morgan fingerprint density at radius 3 is 2.52 bits per heavy atom. The first kappa shape index (κ1) is 15.7. The van der Waals surface area contributed by atoms with E-state index >= 15 is 0 Å². The zero-order chi connectivity index (χ0) is 15.9. The maximum atomic E-state index is 12.2. The minimum absolute atomic E-state index is 0.204. The zero-order valence-electron chi connectivity index (χ0n) is 13.2. The molecule has 0 saturated carbocycles. The number of likely N-dealkylation sites (tertiary alicyclic amines) is 1. The van der Waals surface area contributed by atoms with Gasteiger partial charge >= 0.3 is 0 Å². The van der Waals surface area contributed by atoms with Crippen LogP contribution in [0.4, 0.5) is 0 Å². The van der Waals surface area contributed by atoms with Crippen molar-refractivity contribution in [2.45, 2.75) is 12.8 Å². The lowest BCUT2D eigenvalue weighted by atomic mass is 10.0. The Balaban J connectivity index is 1.53. The van der Waals surface area contributed by atoms with Gasteiger partial charge in [0.2, 0.25) is 0 Å². The Kier molecular flexibility index (Phi) is 5.40. The van der Waals surface area contributed by atoms with E-state index in [9.17, 15) is 4.79 Å². The lowest BCUT2D eigenvalue weighted by Crippen LogP contribution is -2.30. The standard InChI is InChI=1S/C19H22N2O2/c22-19(20-23-14-13-21-11-4-5-12-21)18-10-6-9-17(15-18)16-7-2-1-3-8-16/h1-3,6-10,15H,4-5,11-14H2,(H,20,22). The minimum Gasteiger partial charge on any atom is -0.301 e. The van der Waals surface area contributed by atoms with Crippen LogP contribution in [0.3, 0.4) is 0 Å². The molecule has 0 spiro atoms. The van der Waals surface area contributed by atoms with Crippen LogP contribution < -0.4 is 5.48 Å². The Morgan fingerprint density at radius 2 is 1.74 bits per heavy atom. The summed E-state index contributed by atoms with van der Waals surface area (Å²) in [5, 5.41) is 0. The molecule has 1 aliphatic rings. The molecule has 0 bridgehead atoms. The van der Waals surface area contributed by atoms with Gasteiger partial charge in [-0.2, -0.15) is 0 Å². The first-order chi connectivity index (χ1) is 11.3. The predicted molar refractivity (Wildman–Crippen MR) is 91.0 cm³/mol. The summed E-state index contributed by atoms with van der Waals surface area (Å²) in [6.45, 7) is 3.65. The van der Waals surface area contributed by atoms with Crippen LogP contribution in [0.25, 0.3) is 11.1 Å². The van der Waals surface area contributed by atoms with Gasteiger partial charge in [-0.3, -0.25) is 9.63 Å². The van der Waals surface area contributed by atoms with E-state index in [0.717, 1.165) is 30.8 Å². The van der Waals surface area contributed by atoms with E-state index in [-0.39, 0.29) is 5.91 Å². The molecule has 120 valence electrons. The van der Waals surface area contributed by atoms with E-state index in [1.54, 1.807) is 6.07 Å². The van der Waals surface area contributed by atoms with E-state index < -0.39 is 0 Å². The number of hydrogen-bond acceptors (Lipinski definition) is 3. The van der Waals surface area contributed by atoms with Gasteiger partial charge in [-0.15, -0.1) is 0 Å². The van der Waals surface area contributed by atoms with Gasteiger partial charge in [-0.1, -0.05) is 42.5 Å². The van der Waals surface area contributed by atoms with Crippen LogP contribution in [0.2, 0.25) is 0 Å². The van der Waals surface area contributed by atoms with Crippen LogP contribution in [-0.4, -0.2) is 37.0 Å². The Hall–Kier alpha value is -2.17. The van der Waals surface area contributed by atoms with Crippen LogP contribution in [-0.2, 0) is 4.84 Å². The molecule has 23 heavy (non-hydrogen) atoms. The molecule has 1 heterocycles. The van der Waals surface area contributed by atoms with Crippen molar-refractivity contribution in [3.8, 4) is 11.1 Å². The van der Waals surface area contributed by atoms with Crippen molar-refractivity contribution in [2.24, 2.45) is 0 Å². The maximum Gasteiger partial charge on any atom is 0.274 e. The third-order valence-corrected chi connectivity index (χ3v) is 4.11. The summed E-state index contributed by atoms with van der Waals surface area (Å²) in [5.74, 6) is -0.204. The molecule has 2 aromatic carbocycles. The summed E-state index contributed by atoms with van der Waals surface area (Å²) in [4.78, 5) is 19.8. The topological polar surface area (TPSA) is 41.6 Å². The molecule has 4 nitrogen and oxygen atoms in total. The van der Waals surface area contributed by atoms with E-state index in [1.165, 1.54) is 12.8 Å². The van der Waals surface area contributed by atoms with Crippen molar-refractivity contribution < 1.29 is 9.63 Å². The summed E-state index contributed by atoms with van der Waals surface area (Å²) in [7, 11) is 0. The van der Waals surface area contributed by atoms with E-state index in [0.29, 0.717) is 12.2 Å². The van der Waals surface area contributed by atoms with Crippen LogP contribution in [0.15, 0.2) is 54.6 Å². The summed E-state index contributed by atoms with van der Waals surface area (Å²) < 4.78 is 0. The molecule has 0 aliphatic carbocycles. The monoisotopic (exact) mass is 310 g/mol. The Labute approximate surface area is 137 Å². The molecule has 2 aromatic rings. The largest absolute Gasteiger partial charge is 0.301 e. The van der Waals surface area contributed by atoms with Gasteiger partial charge in [0.25, 0.3) is 5.91 Å². The van der Waals surface area contributed by atoms with Crippen LogP contribution >= 0.6 is 0 Å². The van der Waals surface area contributed by atoms with Crippen molar-refractivity contribution >= 4 is 5.91 Å². The van der Waals surface area contributed by atoms with Crippen molar-refractivity contribution in [1.82, 2.24) is 10.4 Å². The number of benzene rings is 2. The summed E-state index contributed by atoms with van der Waals surface area (Å²) >= 11 is 0. The first-order valence-electron chi connectivity index (χ1n) is 8.13. The van der Waals surface area contributed by atoms with Gasteiger partial charge < -0.3 is 4.90 Å². The van der Waals surface area contributed by atoms with E-state index in [1.807, 2.05) is 48.5 Å². The molecule has 0 atom stereocenters. The van der Waals surface area contributed by atoms with Gasteiger partial charge in [0.1, 0.15) is 0 Å². The molecule has 1 N–H and O–H groups in total. The lowest BCUT2D eigenvalue weighted by Gasteiger charge is -2.14. The molecule has 4 heteroatoms. The average molecular weight is 310 g/mol. The number of rotatable bonds is 6. The third kappa shape index (κ3) is 4.41. The van der Waals surface area contributed by atoms with Crippen LogP contribution in [0, 0.1) is 0 Å². The van der Waals surface area contributed by atoms with Gasteiger partial charge in [0, 0.05) is 12.1 Å². The smallest absolute Gasteiger partial charge is 0.274 e. The number of hydroxylamine groups is 1. The van der Waals surface area contributed by atoms with Crippen molar-refractivity contribution in [1.29, 1.82) is 0 Å². The van der Waals surface area contributed by atoms with Gasteiger partial charge in [-0.05, 0) is 49.2 Å². The van der Waals surface area contributed by atoms with Crippen LogP contribution in [0.5, 0.6) is 0 Å². The van der Waals surface area contributed by atoms with E-state index in [2.05, 4.69) is 10.4 Å². The quantitative estimate of drug-likeness (QED) is 0.658. The summed E-state index contributed by atoms with van der Waals surface area (Å²) in [5.41, 5.74) is 5.26. The molecular weight excluding hydrogens is 288 g/mol. The number of carbonyl (C=O) groups is 1. The maximum absolute atomic E-state index is 12.2. The molecular formula is C19H22N2O2. The molecule has 0 unspecified atom stereocenters. The normalized spacial score (nSPS) is 14.8. The number of nitrogens with one attached hydrogen (secondary N) is 1. The first-order valence-corrected chi connectivity index (χ1v) is 8.13. The van der Waals surface area contributed by atoms with Crippen molar-refractivity contribution in [3.05, 3.63) is 60.2 Å². The minimum atomic E-state index is -0.204. The highest BCUT2D eigenvalue weighted by Gasteiger charge is 2.11. The zero-order valence-corrected chi connectivity index (χ0v) is 13.2. The summed E-state index contributed by atoms with van der Waals surface area (Å²) in [6.07, 6.45) is 2.53. The highest BCUT2D eigenvalue weighted by Crippen LogP contribution is 2.19. The fourth-order valence-electron chi connectivity index (χ4n) is 2.83. The Morgan fingerprint density at radius 1 is 1.00 bits per heavy atom. The molecule has 1 saturated heterocycles. The fraction of sp³-hybridized carbons (Fsp3) is 0.316. The number of carbonyl (C=O) groups excluding carboxylic acids is 1. The number of nitrogens with zero attached hydrogens (tertiary/aromatic N) is 1. The highest BCUT2D eigenvalue weighted by molar-refractivity contribution is 5.94. The van der Waals surface area contributed by atoms with E-state index in [4.69, 9.17) is 4.84 Å². The predicted octanol–water partition coefficient (Wildman–Crippen LogP) is 3.11. The van der Waals surface area contributed by atoms with Gasteiger partial charge in [0.15, 0.2) is 0 Å². The highest BCUT2D eigenvalue weighted by atomic mass is 16.6. The second kappa shape index (κ2) is 7.90. The SMILES string of the molecule is O=C(NOCCN1CCCC1)c1cccc(-c2ccccc2)c1. The molecule has 1 aliphatic heterocycles.